The van der Waals surface area contributed by atoms with Crippen LogP contribution in [0.2, 0.25) is 0 Å². The minimum Gasteiger partial charge on any atom is -0.356 e. The van der Waals surface area contributed by atoms with Gasteiger partial charge in [-0.2, -0.15) is 32.5 Å². The number of halogens is 3. The zero-order valence-electron chi connectivity index (χ0n) is 20.8. The first-order valence-corrected chi connectivity index (χ1v) is 14.4. The van der Waals surface area contributed by atoms with E-state index in [0.29, 0.717) is 22.8 Å². The van der Waals surface area contributed by atoms with E-state index in [1.54, 1.807) is 12.3 Å². The summed E-state index contributed by atoms with van der Waals surface area (Å²) in [4.78, 5) is 11.5. The first-order chi connectivity index (χ1) is 17.9. The monoisotopic (exact) mass is 550 g/mol. The minimum absolute atomic E-state index is 0.0517. The third-order valence-corrected chi connectivity index (χ3v) is 9.15. The van der Waals surface area contributed by atoms with E-state index < -0.39 is 21.8 Å². The Balaban J connectivity index is 1.35. The molecule has 38 heavy (non-hydrogen) atoms. The Bertz CT molecular complexity index is 1470. The zero-order chi connectivity index (χ0) is 26.9. The van der Waals surface area contributed by atoms with Gasteiger partial charge in [0, 0.05) is 31.7 Å². The van der Waals surface area contributed by atoms with Gasteiger partial charge in [0.05, 0.1) is 35.1 Å². The molecule has 1 aromatic carbocycles. The lowest BCUT2D eigenvalue weighted by molar-refractivity contribution is -0.137. The van der Waals surface area contributed by atoms with Crippen molar-refractivity contribution in [3.05, 3.63) is 36.0 Å². The van der Waals surface area contributed by atoms with Crippen molar-refractivity contribution in [3.8, 4) is 5.69 Å². The molecule has 0 amide bonds. The van der Waals surface area contributed by atoms with Crippen LogP contribution in [0.5, 0.6) is 0 Å². The summed E-state index contributed by atoms with van der Waals surface area (Å²) in [5.74, 6) is 1.38. The summed E-state index contributed by atoms with van der Waals surface area (Å²) in [6.45, 7) is 2.06. The summed E-state index contributed by atoms with van der Waals surface area (Å²) in [7, 11) is -3.29. The average molecular weight is 551 g/mol. The van der Waals surface area contributed by atoms with Gasteiger partial charge in [0.2, 0.25) is 16.0 Å². The van der Waals surface area contributed by atoms with Crippen molar-refractivity contribution in [2.45, 2.75) is 43.4 Å². The Labute approximate surface area is 218 Å². The molecule has 3 N–H and O–H groups in total. The predicted octanol–water partition coefficient (Wildman–Crippen LogP) is 2.60. The molecular formula is C24H29F3N8O2S. The molecule has 1 aliphatic carbocycles. The number of piperidine rings is 1. The van der Waals surface area contributed by atoms with E-state index in [-0.39, 0.29) is 36.3 Å². The number of nitrogens with zero attached hydrogens (tertiary/aromatic N) is 6. The van der Waals surface area contributed by atoms with E-state index in [9.17, 15) is 21.6 Å². The summed E-state index contributed by atoms with van der Waals surface area (Å²) in [6.07, 6.45) is 2.22. The lowest BCUT2D eigenvalue weighted by Gasteiger charge is -2.38. The number of benzene rings is 1. The molecule has 3 aromatic rings. The molecule has 0 radical (unpaired) electrons. The maximum atomic E-state index is 13.4. The van der Waals surface area contributed by atoms with Gasteiger partial charge in [-0.15, -0.1) is 0 Å². The normalized spacial score (nSPS) is 21.0. The van der Waals surface area contributed by atoms with Crippen molar-refractivity contribution in [1.29, 1.82) is 0 Å². The highest BCUT2D eigenvalue weighted by atomic mass is 32.2. The third kappa shape index (κ3) is 4.69. The highest BCUT2D eigenvalue weighted by molar-refractivity contribution is 7.88. The highest BCUT2D eigenvalue weighted by Gasteiger charge is 2.46. The first-order valence-electron chi connectivity index (χ1n) is 12.6. The summed E-state index contributed by atoms with van der Waals surface area (Å²) < 4.78 is 66.5. The van der Waals surface area contributed by atoms with Crippen molar-refractivity contribution in [1.82, 2.24) is 24.1 Å². The fourth-order valence-corrected chi connectivity index (χ4v) is 6.30. The Morgan fingerprint density at radius 1 is 1.13 bits per heavy atom. The van der Waals surface area contributed by atoms with Crippen LogP contribution in [0.25, 0.3) is 16.7 Å². The van der Waals surface area contributed by atoms with Crippen molar-refractivity contribution in [2.75, 3.05) is 42.7 Å². The Kier molecular flexibility index (Phi) is 5.85. The van der Waals surface area contributed by atoms with Gasteiger partial charge >= 0.3 is 6.18 Å². The Hall–Kier alpha value is -2.97. The Morgan fingerprint density at radius 3 is 2.47 bits per heavy atom. The average Bonchev–Trinajstić information content (AvgIpc) is 3.45. The number of rotatable bonds is 6. The van der Waals surface area contributed by atoms with Gasteiger partial charge in [0.1, 0.15) is 5.82 Å². The van der Waals surface area contributed by atoms with Crippen LogP contribution in [-0.2, 0) is 16.2 Å². The lowest BCUT2D eigenvalue weighted by atomic mass is 9.88. The minimum atomic E-state index is -4.49. The van der Waals surface area contributed by atoms with E-state index in [1.165, 1.54) is 15.1 Å². The molecule has 14 heteroatoms. The van der Waals surface area contributed by atoms with Crippen LogP contribution in [0, 0.1) is 5.92 Å². The van der Waals surface area contributed by atoms with Gasteiger partial charge in [-0.25, -0.2) is 13.1 Å². The maximum absolute atomic E-state index is 13.4. The second kappa shape index (κ2) is 8.78. The highest BCUT2D eigenvalue weighted by Crippen LogP contribution is 2.45. The third-order valence-electron chi connectivity index (χ3n) is 7.91. The van der Waals surface area contributed by atoms with Crippen LogP contribution in [0.4, 0.5) is 24.9 Å². The smallest absolute Gasteiger partial charge is 0.356 e. The zero-order valence-corrected chi connectivity index (χ0v) is 21.6. The van der Waals surface area contributed by atoms with Crippen molar-refractivity contribution >= 4 is 32.8 Å². The number of nitrogens with two attached hydrogens (primary N) is 1. The molecule has 4 heterocycles. The van der Waals surface area contributed by atoms with E-state index in [0.717, 1.165) is 57.2 Å². The molecule has 3 fully saturated rings. The number of hydrogen-bond donors (Lipinski definition) is 2. The van der Waals surface area contributed by atoms with Gasteiger partial charge < -0.3 is 16.0 Å². The number of fused-ring (bicyclic) bond motifs is 1. The maximum Gasteiger partial charge on any atom is 0.416 e. The second-order valence-electron chi connectivity index (χ2n) is 10.6. The van der Waals surface area contributed by atoms with E-state index >= 15 is 0 Å². The van der Waals surface area contributed by atoms with Crippen LogP contribution < -0.4 is 16.0 Å². The summed E-state index contributed by atoms with van der Waals surface area (Å²) in [5.41, 5.74) is 6.23. The van der Waals surface area contributed by atoms with Crippen LogP contribution in [0.3, 0.4) is 0 Å². The summed E-state index contributed by atoms with van der Waals surface area (Å²) >= 11 is 0. The molecule has 204 valence electrons. The molecule has 2 aromatic heterocycles. The van der Waals surface area contributed by atoms with Gasteiger partial charge in [0.25, 0.3) is 0 Å². The molecule has 0 atom stereocenters. The SMILES string of the molecule is CS(=O)(=O)N1CC(Nc2nc(N3CCC(C4(N)CC4)CC3)c3cnn(-c4cccc(C(F)(F)F)c4)c3n2)C1. The topological polar surface area (TPSA) is 122 Å². The molecule has 10 nitrogen and oxygen atoms in total. The quantitative estimate of drug-likeness (QED) is 0.480. The molecule has 0 bridgehead atoms. The Morgan fingerprint density at radius 2 is 1.84 bits per heavy atom. The molecule has 1 saturated carbocycles. The number of hydrogen-bond acceptors (Lipinski definition) is 8. The number of anilines is 2. The van der Waals surface area contributed by atoms with Gasteiger partial charge in [-0.1, -0.05) is 6.07 Å². The summed E-state index contributed by atoms with van der Waals surface area (Å²) in [6, 6.07) is 4.76. The number of aromatic nitrogens is 4. The van der Waals surface area contributed by atoms with Crippen LogP contribution in [0.1, 0.15) is 31.2 Å². The molecule has 3 aliphatic rings. The molecule has 0 spiro atoms. The number of alkyl halides is 3. The molecule has 2 aliphatic heterocycles. The van der Waals surface area contributed by atoms with Gasteiger partial charge in [-0.05, 0) is 49.8 Å². The number of sulfonamides is 1. The van der Waals surface area contributed by atoms with E-state index in [4.69, 9.17) is 10.7 Å². The fraction of sp³-hybridized carbons (Fsp3) is 0.542. The van der Waals surface area contributed by atoms with Crippen molar-refractivity contribution in [3.63, 3.8) is 0 Å². The van der Waals surface area contributed by atoms with E-state index in [2.05, 4.69) is 20.3 Å². The van der Waals surface area contributed by atoms with Crippen molar-refractivity contribution in [2.24, 2.45) is 11.7 Å². The van der Waals surface area contributed by atoms with Crippen molar-refractivity contribution < 1.29 is 21.6 Å². The molecule has 2 saturated heterocycles. The second-order valence-corrected chi connectivity index (χ2v) is 12.6. The molecule has 0 unspecified atom stereocenters. The van der Waals surface area contributed by atoms with Crippen LogP contribution >= 0.6 is 0 Å². The van der Waals surface area contributed by atoms with Crippen LogP contribution in [-0.4, -0.2) is 76.5 Å². The van der Waals surface area contributed by atoms with Gasteiger partial charge in [0.15, 0.2) is 5.65 Å². The van der Waals surface area contributed by atoms with Gasteiger partial charge in [-0.3, -0.25) is 0 Å². The van der Waals surface area contributed by atoms with Crippen LogP contribution in [0.15, 0.2) is 30.5 Å². The predicted molar refractivity (Wildman–Crippen MR) is 137 cm³/mol. The molecule has 6 rings (SSSR count). The van der Waals surface area contributed by atoms with E-state index in [1.807, 2.05) is 0 Å². The number of nitrogens with one attached hydrogen (secondary N) is 1. The lowest BCUT2D eigenvalue weighted by Crippen LogP contribution is -2.56. The largest absolute Gasteiger partial charge is 0.416 e. The molecular weight excluding hydrogens is 521 g/mol. The fourth-order valence-electron chi connectivity index (χ4n) is 5.40. The first kappa shape index (κ1) is 25.3. The standard InChI is InChI=1S/C24H29F3N8O2S/c1-38(36,37)34-13-17(14-34)30-22-31-20(33-9-5-15(6-10-33)23(28)7-8-23)19-12-29-35(21(19)32-22)18-4-2-3-16(11-18)24(25,26)27/h2-4,11-12,15,17H,5-10,13-14,28H2,1H3,(H,30,31,32). The summed E-state index contributed by atoms with van der Waals surface area (Å²) in [5, 5.41) is 8.23.